The third-order valence-corrected chi connectivity index (χ3v) is 2.66. The minimum Gasteiger partial charge on any atom is -0.296 e. The highest BCUT2D eigenvalue weighted by molar-refractivity contribution is 5.72. The number of unbranched alkanes of at least 4 members (excludes halogenated alkanes) is 1. The molecule has 0 fully saturated rings. The molecular formula is C12H15N3O. The van der Waals surface area contributed by atoms with Crippen LogP contribution in [0.1, 0.15) is 25.6 Å². The van der Waals surface area contributed by atoms with Crippen LogP contribution in [0.4, 0.5) is 0 Å². The molecule has 16 heavy (non-hydrogen) atoms. The van der Waals surface area contributed by atoms with Crippen LogP contribution >= 0.6 is 0 Å². The quantitative estimate of drug-likeness (QED) is 0.789. The van der Waals surface area contributed by atoms with Gasteiger partial charge in [0.1, 0.15) is 5.82 Å². The van der Waals surface area contributed by atoms with Crippen LogP contribution in [0.2, 0.25) is 0 Å². The molecule has 4 heteroatoms. The van der Waals surface area contributed by atoms with Crippen LogP contribution in [-0.4, -0.2) is 14.5 Å². The van der Waals surface area contributed by atoms with E-state index in [-0.39, 0.29) is 5.56 Å². The molecule has 0 N–H and O–H groups in total. The second-order valence-corrected chi connectivity index (χ2v) is 3.84. The molecule has 0 bridgehead atoms. The summed E-state index contributed by atoms with van der Waals surface area (Å²) in [4.78, 5) is 20.6. The standard InChI is InChI=1S/C12H15N3O/c1-3-4-8-15-9(2)14-11-10(12(15)16)6-5-7-13-11/h5-7H,3-4,8H2,1-2H3. The molecule has 0 spiro atoms. The molecule has 0 unspecified atom stereocenters. The summed E-state index contributed by atoms with van der Waals surface area (Å²) in [6, 6.07) is 3.55. The van der Waals surface area contributed by atoms with Gasteiger partial charge in [0.2, 0.25) is 0 Å². The number of nitrogens with zero attached hydrogens (tertiary/aromatic N) is 3. The molecule has 2 heterocycles. The number of hydrogen-bond donors (Lipinski definition) is 0. The van der Waals surface area contributed by atoms with E-state index in [0.29, 0.717) is 11.0 Å². The number of rotatable bonds is 3. The molecule has 4 nitrogen and oxygen atoms in total. The van der Waals surface area contributed by atoms with Gasteiger partial charge in [0, 0.05) is 12.7 Å². The molecule has 0 aliphatic rings. The third kappa shape index (κ3) is 1.83. The van der Waals surface area contributed by atoms with Gasteiger partial charge in [-0.2, -0.15) is 0 Å². The Labute approximate surface area is 94.0 Å². The summed E-state index contributed by atoms with van der Waals surface area (Å²) in [5.41, 5.74) is 0.557. The molecule has 0 aliphatic heterocycles. The Hall–Kier alpha value is -1.71. The number of pyridine rings is 1. The van der Waals surface area contributed by atoms with Crippen LogP contribution in [0.25, 0.3) is 11.0 Å². The number of hydrogen-bond acceptors (Lipinski definition) is 3. The van der Waals surface area contributed by atoms with E-state index in [4.69, 9.17) is 0 Å². The van der Waals surface area contributed by atoms with Crippen molar-refractivity contribution < 1.29 is 0 Å². The minimum atomic E-state index is 0.0176. The Morgan fingerprint density at radius 3 is 3.00 bits per heavy atom. The lowest BCUT2D eigenvalue weighted by Crippen LogP contribution is -2.24. The Morgan fingerprint density at radius 1 is 1.44 bits per heavy atom. The molecule has 2 rings (SSSR count). The zero-order chi connectivity index (χ0) is 11.5. The lowest BCUT2D eigenvalue weighted by molar-refractivity contribution is 0.591. The van der Waals surface area contributed by atoms with E-state index in [0.717, 1.165) is 25.2 Å². The van der Waals surface area contributed by atoms with Crippen molar-refractivity contribution in [3.05, 3.63) is 34.5 Å². The van der Waals surface area contributed by atoms with E-state index < -0.39 is 0 Å². The summed E-state index contributed by atoms with van der Waals surface area (Å²) >= 11 is 0. The van der Waals surface area contributed by atoms with E-state index in [1.807, 2.05) is 6.92 Å². The van der Waals surface area contributed by atoms with Gasteiger partial charge in [-0.15, -0.1) is 0 Å². The molecular weight excluding hydrogens is 202 g/mol. The van der Waals surface area contributed by atoms with Gasteiger partial charge >= 0.3 is 0 Å². The van der Waals surface area contributed by atoms with Gasteiger partial charge in [0.15, 0.2) is 5.65 Å². The number of aromatic nitrogens is 3. The maximum atomic E-state index is 12.1. The molecule has 2 aromatic rings. The van der Waals surface area contributed by atoms with Gasteiger partial charge in [-0.25, -0.2) is 9.97 Å². The normalized spacial score (nSPS) is 10.9. The molecule has 0 aromatic carbocycles. The molecule has 0 radical (unpaired) electrons. The molecule has 0 aliphatic carbocycles. The van der Waals surface area contributed by atoms with Crippen molar-refractivity contribution in [2.45, 2.75) is 33.2 Å². The fourth-order valence-corrected chi connectivity index (χ4v) is 1.74. The minimum absolute atomic E-state index is 0.0176. The summed E-state index contributed by atoms with van der Waals surface area (Å²) < 4.78 is 1.73. The zero-order valence-electron chi connectivity index (χ0n) is 9.60. The second kappa shape index (κ2) is 4.43. The summed E-state index contributed by atoms with van der Waals surface area (Å²) in [6.45, 7) is 4.70. The maximum absolute atomic E-state index is 12.1. The lowest BCUT2D eigenvalue weighted by Gasteiger charge is -2.09. The van der Waals surface area contributed by atoms with Gasteiger partial charge in [-0.1, -0.05) is 13.3 Å². The number of fused-ring (bicyclic) bond motifs is 1. The Bertz CT molecular complexity index is 560. The van der Waals surface area contributed by atoms with Gasteiger partial charge in [0.05, 0.1) is 5.39 Å². The van der Waals surface area contributed by atoms with Crippen LogP contribution in [0.5, 0.6) is 0 Å². The first-order chi connectivity index (χ1) is 7.74. The summed E-state index contributed by atoms with van der Waals surface area (Å²) in [6.07, 6.45) is 3.72. The molecule has 0 atom stereocenters. The highest BCUT2D eigenvalue weighted by Gasteiger charge is 2.07. The van der Waals surface area contributed by atoms with E-state index in [9.17, 15) is 4.79 Å². The summed E-state index contributed by atoms with van der Waals surface area (Å²) in [5, 5.41) is 0.601. The van der Waals surface area contributed by atoms with Crippen molar-refractivity contribution in [2.24, 2.45) is 0 Å². The second-order valence-electron chi connectivity index (χ2n) is 3.84. The van der Waals surface area contributed by atoms with Gasteiger partial charge < -0.3 is 0 Å². The van der Waals surface area contributed by atoms with Crippen molar-refractivity contribution in [3.63, 3.8) is 0 Å². The van der Waals surface area contributed by atoms with Crippen LogP contribution in [-0.2, 0) is 6.54 Å². The average molecular weight is 217 g/mol. The van der Waals surface area contributed by atoms with Crippen LogP contribution in [0.15, 0.2) is 23.1 Å². The Balaban J connectivity index is 2.61. The highest BCUT2D eigenvalue weighted by atomic mass is 16.1. The van der Waals surface area contributed by atoms with E-state index in [2.05, 4.69) is 16.9 Å². The van der Waals surface area contributed by atoms with Gasteiger partial charge in [-0.3, -0.25) is 9.36 Å². The van der Waals surface area contributed by atoms with Crippen LogP contribution in [0.3, 0.4) is 0 Å². The average Bonchev–Trinajstić information content (AvgIpc) is 2.29. The first-order valence-electron chi connectivity index (χ1n) is 5.56. The number of aryl methyl sites for hydroxylation is 1. The molecule has 0 saturated carbocycles. The smallest absolute Gasteiger partial charge is 0.263 e. The summed E-state index contributed by atoms with van der Waals surface area (Å²) in [7, 11) is 0. The van der Waals surface area contributed by atoms with E-state index in [1.54, 1.807) is 22.9 Å². The Morgan fingerprint density at radius 2 is 2.25 bits per heavy atom. The van der Waals surface area contributed by atoms with Crippen molar-refractivity contribution in [1.29, 1.82) is 0 Å². The molecule has 2 aromatic heterocycles. The van der Waals surface area contributed by atoms with Crippen molar-refractivity contribution in [2.75, 3.05) is 0 Å². The van der Waals surface area contributed by atoms with Gasteiger partial charge in [-0.05, 0) is 25.5 Å². The Kier molecular flexibility index (Phi) is 2.99. The topological polar surface area (TPSA) is 47.8 Å². The first kappa shape index (κ1) is 10.8. The fraction of sp³-hybridized carbons (Fsp3) is 0.417. The van der Waals surface area contributed by atoms with E-state index in [1.165, 1.54) is 0 Å². The molecule has 0 saturated heterocycles. The molecule has 0 amide bonds. The zero-order valence-corrected chi connectivity index (χ0v) is 9.60. The third-order valence-electron chi connectivity index (χ3n) is 2.66. The predicted octanol–water partition coefficient (Wildman–Crippen LogP) is 1.90. The van der Waals surface area contributed by atoms with Gasteiger partial charge in [0.25, 0.3) is 5.56 Å². The lowest BCUT2D eigenvalue weighted by atomic mass is 10.3. The highest BCUT2D eigenvalue weighted by Crippen LogP contribution is 2.05. The predicted molar refractivity (Wildman–Crippen MR) is 63.4 cm³/mol. The summed E-state index contributed by atoms with van der Waals surface area (Å²) in [5.74, 6) is 0.740. The maximum Gasteiger partial charge on any atom is 0.263 e. The van der Waals surface area contributed by atoms with Crippen LogP contribution in [0, 0.1) is 6.92 Å². The SMILES string of the molecule is CCCCn1c(C)nc2ncccc2c1=O. The van der Waals surface area contributed by atoms with Crippen molar-refractivity contribution in [3.8, 4) is 0 Å². The van der Waals surface area contributed by atoms with Crippen LogP contribution < -0.4 is 5.56 Å². The van der Waals surface area contributed by atoms with E-state index >= 15 is 0 Å². The van der Waals surface area contributed by atoms with Crippen molar-refractivity contribution >= 4 is 11.0 Å². The molecule has 84 valence electrons. The monoisotopic (exact) mass is 217 g/mol. The first-order valence-corrected chi connectivity index (χ1v) is 5.56. The largest absolute Gasteiger partial charge is 0.296 e. The fourth-order valence-electron chi connectivity index (χ4n) is 1.74. The van der Waals surface area contributed by atoms with Crippen molar-refractivity contribution in [1.82, 2.24) is 14.5 Å².